The highest BCUT2D eigenvalue weighted by atomic mass is 79.9. The largest absolute Gasteiger partial charge is 0.330 e. The molecular weight excluding hydrogens is 437 g/mol. The molecule has 0 aromatic rings. The molecule has 0 saturated carbocycles. The summed E-state index contributed by atoms with van der Waals surface area (Å²) in [6.45, 7) is 9.00. The second-order valence-corrected chi connectivity index (χ2v) is 9.90. The molecule has 0 aliphatic heterocycles. The van der Waals surface area contributed by atoms with E-state index in [0.717, 1.165) is 19.5 Å². The molecule has 172 valence electrons. The third-order valence-electron chi connectivity index (χ3n) is 5.02. The van der Waals surface area contributed by atoms with Gasteiger partial charge >= 0.3 is 7.60 Å². The van der Waals surface area contributed by atoms with Crippen LogP contribution < -0.4 is 0 Å². The van der Waals surface area contributed by atoms with E-state index >= 15 is 0 Å². The van der Waals surface area contributed by atoms with Gasteiger partial charge in [-0.05, 0) is 46.8 Å². The highest BCUT2D eigenvalue weighted by molar-refractivity contribution is 8.93. The highest BCUT2D eigenvalue weighted by Crippen LogP contribution is 2.48. The Morgan fingerprint density at radius 2 is 1.04 bits per heavy atom. The maximum atomic E-state index is 12.4. The molecule has 4 nitrogen and oxygen atoms in total. The zero-order valence-corrected chi connectivity index (χ0v) is 21.9. The smallest absolute Gasteiger partial charge is 0.309 e. The molecule has 0 rings (SSSR count). The van der Waals surface area contributed by atoms with Crippen molar-refractivity contribution in [3.63, 3.8) is 0 Å². The van der Waals surface area contributed by atoms with Gasteiger partial charge in [-0.3, -0.25) is 4.57 Å². The highest BCUT2D eigenvalue weighted by Gasteiger charge is 2.22. The molecule has 0 fully saturated rings. The van der Waals surface area contributed by atoms with E-state index in [0.29, 0.717) is 19.4 Å². The lowest BCUT2D eigenvalue weighted by Gasteiger charge is -2.20. The summed E-state index contributed by atoms with van der Waals surface area (Å²) in [6, 6.07) is 0. The standard InChI is InChI=1S/C22H48NO3P.BrH/c1-5-8-9-10-11-12-13-14-15-16-17-18-20-23(4)21-19-22-27(24,25-6-2)26-7-3;/h5-22H2,1-4H3;1H. The van der Waals surface area contributed by atoms with Crippen molar-refractivity contribution in [1.29, 1.82) is 0 Å². The van der Waals surface area contributed by atoms with Crippen LogP contribution in [0, 0.1) is 0 Å². The Morgan fingerprint density at radius 3 is 1.46 bits per heavy atom. The van der Waals surface area contributed by atoms with Crippen LogP contribution in [0.4, 0.5) is 0 Å². The van der Waals surface area contributed by atoms with Crippen molar-refractivity contribution in [2.75, 3.05) is 39.5 Å². The van der Waals surface area contributed by atoms with Gasteiger partial charge in [-0.15, -0.1) is 17.0 Å². The van der Waals surface area contributed by atoms with Gasteiger partial charge in [-0.1, -0.05) is 77.6 Å². The number of unbranched alkanes of at least 4 members (excludes halogenated alkanes) is 11. The Hall–Kier alpha value is 0.590. The summed E-state index contributed by atoms with van der Waals surface area (Å²) in [4.78, 5) is 2.35. The van der Waals surface area contributed by atoms with Crippen LogP contribution in [0.1, 0.15) is 104 Å². The van der Waals surface area contributed by atoms with Gasteiger partial charge in [0.05, 0.1) is 19.4 Å². The minimum atomic E-state index is -2.86. The molecule has 0 unspecified atom stereocenters. The molecule has 0 aliphatic carbocycles. The predicted molar refractivity (Wildman–Crippen MR) is 129 cm³/mol. The van der Waals surface area contributed by atoms with Gasteiger partial charge in [0.2, 0.25) is 0 Å². The van der Waals surface area contributed by atoms with E-state index in [2.05, 4.69) is 18.9 Å². The molecule has 0 spiro atoms. The molecule has 0 N–H and O–H groups in total. The number of halogens is 1. The van der Waals surface area contributed by atoms with Crippen LogP contribution in [-0.2, 0) is 13.6 Å². The molecule has 6 heteroatoms. The van der Waals surface area contributed by atoms with Crippen LogP contribution in [0.3, 0.4) is 0 Å². The summed E-state index contributed by atoms with van der Waals surface area (Å²) < 4.78 is 23.1. The number of rotatable bonds is 21. The summed E-state index contributed by atoms with van der Waals surface area (Å²) in [6.07, 6.45) is 18.1. The van der Waals surface area contributed by atoms with Crippen LogP contribution in [0.5, 0.6) is 0 Å². The van der Waals surface area contributed by atoms with Crippen molar-refractivity contribution in [2.24, 2.45) is 0 Å². The molecule has 0 aliphatic rings. The fourth-order valence-electron chi connectivity index (χ4n) is 3.43. The first-order chi connectivity index (χ1) is 13.1. The minimum absolute atomic E-state index is 0. The third kappa shape index (κ3) is 19.9. The Balaban J connectivity index is 0. The zero-order chi connectivity index (χ0) is 20.2. The van der Waals surface area contributed by atoms with Gasteiger partial charge in [0.25, 0.3) is 0 Å². The monoisotopic (exact) mass is 485 g/mol. The second kappa shape index (κ2) is 22.3. The molecular formula is C22H49BrNO3P. The third-order valence-corrected chi connectivity index (χ3v) is 7.18. The Bertz CT molecular complexity index is 349. The summed E-state index contributed by atoms with van der Waals surface area (Å²) in [5, 5.41) is 0. The summed E-state index contributed by atoms with van der Waals surface area (Å²) >= 11 is 0. The van der Waals surface area contributed by atoms with Gasteiger partial charge in [-0.25, -0.2) is 0 Å². The Morgan fingerprint density at radius 1 is 0.643 bits per heavy atom. The predicted octanol–water partition coefficient (Wildman–Crippen LogP) is 7.85. The lowest BCUT2D eigenvalue weighted by molar-refractivity contribution is 0.218. The van der Waals surface area contributed by atoms with Crippen molar-refractivity contribution in [3.8, 4) is 0 Å². The summed E-state index contributed by atoms with van der Waals surface area (Å²) in [5.41, 5.74) is 0. The van der Waals surface area contributed by atoms with E-state index in [4.69, 9.17) is 9.05 Å². The first-order valence-electron chi connectivity index (χ1n) is 11.6. The molecule has 0 radical (unpaired) electrons. The number of hydrogen-bond acceptors (Lipinski definition) is 4. The molecule has 0 amide bonds. The fraction of sp³-hybridized carbons (Fsp3) is 1.00. The quantitative estimate of drug-likeness (QED) is 0.122. The van der Waals surface area contributed by atoms with Crippen molar-refractivity contribution in [3.05, 3.63) is 0 Å². The van der Waals surface area contributed by atoms with E-state index in [9.17, 15) is 4.57 Å². The average Bonchev–Trinajstić information content (AvgIpc) is 2.63. The molecule has 28 heavy (non-hydrogen) atoms. The van der Waals surface area contributed by atoms with Gasteiger partial charge in [0.1, 0.15) is 0 Å². The SMILES string of the molecule is Br.CCCCCCCCCCCCCCN(C)CCCP(=O)(OCC)OCC. The second-order valence-electron chi connectivity index (χ2n) is 7.72. The van der Waals surface area contributed by atoms with Crippen LogP contribution >= 0.6 is 24.6 Å². The van der Waals surface area contributed by atoms with Crippen LogP contribution in [0.25, 0.3) is 0 Å². The van der Waals surface area contributed by atoms with Crippen molar-refractivity contribution >= 4 is 24.6 Å². The normalized spacial score (nSPS) is 11.8. The molecule has 0 atom stereocenters. The molecule has 0 aromatic heterocycles. The number of nitrogens with zero attached hydrogens (tertiary/aromatic N) is 1. The van der Waals surface area contributed by atoms with Gasteiger partial charge < -0.3 is 13.9 Å². The van der Waals surface area contributed by atoms with Crippen LogP contribution in [0.15, 0.2) is 0 Å². The van der Waals surface area contributed by atoms with E-state index in [-0.39, 0.29) is 17.0 Å². The van der Waals surface area contributed by atoms with Gasteiger partial charge in [0.15, 0.2) is 0 Å². The van der Waals surface area contributed by atoms with E-state index in [1.807, 2.05) is 13.8 Å². The van der Waals surface area contributed by atoms with E-state index in [1.165, 1.54) is 77.0 Å². The Kier molecular flexibility index (Phi) is 24.5. The van der Waals surface area contributed by atoms with E-state index in [1.54, 1.807) is 0 Å². The summed E-state index contributed by atoms with van der Waals surface area (Å²) in [7, 11) is -0.703. The lowest BCUT2D eigenvalue weighted by atomic mass is 10.1. The first kappa shape index (κ1) is 30.8. The van der Waals surface area contributed by atoms with E-state index < -0.39 is 7.60 Å². The molecule has 0 heterocycles. The zero-order valence-electron chi connectivity index (χ0n) is 19.3. The molecule has 0 aromatic carbocycles. The first-order valence-corrected chi connectivity index (χ1v) is 13.4. The van der Waals surface area contributed by atoms with Crippen molar-refractivity contribution < 1.29 is 13.6 Å². The van der Waals surface area contributed by atoms with Gasteiger partial charge in [0, 0.05) is 0 Å². The maximum absolute atomic E-state index is 12.4. The maximum Gasteiger partial charge on any atom is 0.330 e. The summed E-state index contributed by atoms with van der Waals surface area (Å²) in [5.74, 6) is 0. The molecule has 0 saturated heterocycles. The molecule has 0 bridgehead atoms. The average molecular weight is 487 g/mol. The topological polar surface area (TPSA) is 38.8 Å². The van der Waals surface area contributed by atoms with Crippen LogP contribution in [0.2, 0.25) is 0 Å². The van der Waals surface area contributed by atoms with Gasteiger partial charge in [-0.2, -0.15) is 0 Å². The fourth-order valence-corrected chi connectivity index (χ4v) is 5.08. The minimum Gasteiger partial charge on any atom is -0.309 e. The number of hydrogen-bond donors (Lipinski definition) is 0. The van der Waals surface area contributed by atoms with Crippen LogP contribution in [-0.4, -0.2) is 44.4 Å². The Labute approximate surface area is 186 Å². The van der Waals surface area contributed by atoms with Crippen molar-refractivity contribution in [2.45, 2.75) is 104 Å². The lowest BCUT2D eigenvalue weighted by Crippen LogP contribution is -2.22. The van der Waals surface area contributed by atoms with Crippen molar-refractivity contribution in [1.82, 2.24) is 4.90 Å².